The highest BCUT2D eigenvalue weighted by Crippen LogP contribution is 2.18. The van der Waals surface area contributed by atoms with Gasteiger partial charge in [0.1, 0.15) is 6.61 Å². The average molecular weight is 535 g/mol. The fraction of sp³-hybridized carbons (Fsp3) is 0.421. The van der Waals surface area contributed by atoms with Crippen molar-refractivity contribution in [2.24, 2.45) is 0 Å². The molecule has 1 aromatic carbocycles. The zero-order chi connectivity index (χ0) is 22.8. The third kappa shape index (κ3) is 9.20. The summed E-state index contributed by atoms with van der Waals surface area (Å²) in [7, 11) is 0. The van der Waals surface area contributed by atoms with Crippen LogP contribution in [0.3, 0.4) is 0 Å². The number of ether oxygens (including phenoxy) is 4. The summed E-state index contributed by atoms with van der Waals surface area (Å²) in [4.78, 5) is 58.8. The summed E-state index contributed by atoms with van der Waals surface area (Å²) in [5.74, 6) is -3.99. The van der Waals surface area contributed by atoms with Crippen LogP contribution in [-0.2, 0) is 42.9 Å². The standard InChI is InChI=1S/C19H22INO9/c1-10(22)27-9-16(28-11(2)23)17(29-12(3)24)18(30-13(4)25)19(26)21-15-7-5-14(20)6-8-15/h5-8,16-18H,9H2,1-4H3,(H,21,26)/t16-,17+,18+/m0/s1. The van der Waals surface area contributed by atoms with Gasteiger partial charge in [0, 0.05) is 37.0 Å². The number of esters is 4. The molecule has 1 amide bonds. The van der Waals surface area contributed by atoms with Gasteiger partial charge in [-0.25, -0.2) is 0 Å². The van der Waals surface area contributed by atoms with E-state index in [1.807, 2.05) is 0 Å². The van der Waals surface area contributed by atoms with Gasteiger partial charge in [0.2, 0.25) is 6.10 Å². The van der Waals surface area contributed by atoms with Gasteiger partial charge in [-0.3, -0.25) is 24.0 Å². The summed E-state index contributed by atoms with van der Waals surface area (Å²) in [6.07, 6.45) is -4.66. The second-order valence-electron chi connectivity index (χ2n) is 6.05. The summed E-state index contributed by atoms with van der Waals surface area (Å²) in [5.41, 5.74) is 0.392. The fourth-order valence-corrected chi connectivity index (χ4v) is 2.69. The van der Waals surface area contributed by atoms with Gasteiger partial charge in [-0.05, 0) is 46.9 Å². The molecular formula is C19H22INO9. The number of rotatable bonds is 9. The second kappa shape index (κ2) is 12.1. The molecule has 3 atom stereocenters. The Kier molecular flexibility index (Phi) is 10.2. The van der Waals surface area contributed by atoms with E-state index in [0.29, 0.717) is 5.69 Å². The molecule has 0 spiro atoms. The van der Waals surface area contributed by atoms with E-state index in [1.54, 1.807) is 24.3 Å². The largest absolute Gasteiger partial charge is 0.462 e. The molecule has 0 heterocycles. The van der Waals surface area contributed by atoms with Crippen molar-refractivity contribution < 1.29 is 42.9 Å². The lowest BCUT2D eigenvalue weighted by Crippen LogP contribution is -2.52. The summed E-state index contributed by atoms with van der Waals surface area (Å²) >= 11 is 2.09. The number of halogens is 1. The Bertz CT molecular complexity index is 794. The number of carbonyl (C=O) groups is 5. The van der Waals surface area contributed by atoms with Gasteiger partial charge in [-0.15, -0.1) is 0 Å². The first kappa shape index (κ1) is 25.3. The van der Waals surface area contributed by atoms with Gasteiger partial charge < -0.3 is 24.3 Å². The molecular weight excluding hydrogens is 513 g/mol. The van der Waals surface area contributed by atoms with Gasteiger partial charge in [0.15, 0.2) is 12.2 Å². The summed E-state index contributed by atoms with van der Waals surface area (Å²) in [5, 5.41) is 2.54. The van der Waals surface area contributed by atoms with Crippen LogP contribution < -0.4 is 5.32 Å². The Labute approximate surface area is 186 Å². The molecule has 0 fully saturated rings. The van der Waals surface area contributed by atoms with Crippen LogP contribution in [0.2, 0.25) is 0 Å². The molecule has 0 bridgehead atoms. The topological polar surface area (TPSA) is 134 Å². The normalized spacial score (nSPS) is 13.2. The number of benzene rings is 1. The SMILES string of the molecule is CC(=O)OC[C@H](OC(C)=O)[C@@H](OC(C)=O)[C@@H](OC(C)=O)C(=O)Nc1ccc(I)cc1. The quantitative estimate of drug-likeness (QED) is 0.284. The van der Waals surface area contributed by atoms with Gasteiger partial charge >= 0.3 is 23.9 Å². The van der Waals surface area contributed by atoms with E-state index in [1.165, 1.54) is 0 Å². The lowest BCUT2D eigenvalue weighted by Gasteiger charge is -2.30. The van der Waals surface area contributed by atoms with Crippen LogP contribution in [0.4, 0.5) is 5.69 Å². The molecule has 0 aromatic heterocycles. The molecule has 0 saturated heterocycles. The maximum Gasteiger partial charge on any atom is 0.303 e. The van der Waals surface area contributed by atoms with Crippen molar-refractivity contribution in [3.63, 3.8) is 0 Å². The highest BCUT2D eigenvalue weighted by molar-refractivity contribution is 14.1. The predicted molar refractivity (Wildman–Crippen MR) is 111 cm³/mol. The van der Waals surface area contributed by atoms with Gasteiger partial charge in [-0.2, -0.15) is 0 Å². The maximum atomic E-state index is 12.9. The number of hydrogen-bond acceptors (Lipinski definition) is 9. The van der Waals surface area contributed by atoms with Crippen LogP contribution in [0.15, 0.2) is 24.3 Å². The van der Waals surface area contributed by atoms with Crippen LogP contribution in [0, 0.1) is 3.57 Å². The molecule has 0 aliphatic rings. The molecule has 11 heteroatoms. The monoisotopic (exact) mass is 535 g/mol. The van der Waals surface area contributed by atoms with E-state index in [-0.39, 0.29) is 0 Å². The first-order chi connectivity index (χ1) is 14.0. The Morgan fingerprint density at radius 3 is 1.83 bits per heavy atom. The van der Waals surface area contributed by atoms with Crippen molar-refractivity contribution in [3.05, 3.63) is 27.8 Å². The molecule has 164 valence electrons. The minimum absolute atomic E-state index is 0.392. The molecule has 0 aliphatic heterocycles. The lowest BCUT2D eigenvalue weighted by molar-refractivity contribution is -0.190. The van der Waals surface area contributed by atoms with Gasteiger partial charge in [-0.1, -0.05) is 0 Å². The van der Waals surface area contributed by atoms with Gasteiger partial charge in [0.25, 0.3) is 5.91 Å². The Balaban J connectivity index is 3.25. The summed E-state index contributed by atoms with van der Waals surface area (Å²) < 4.78 is 21.1. The summed E-state index contributed by atoms with van der Waals surface area (Å²) in [6.45, 7) is 3.80. The lowest BCUT2D eigenvalue weighted by atomic mass is 10.1. The molecule has 1 aromatic rings. The van der Waals surface area contributed by atoms with Crippen molar-refractivity contribution in [1.29, 1.82) is 0 Å². The van der Waals surface area contributed by atoms with E-state index in [2.05, 4.69) is 27.9 Å². The molecule has 0 saturated carbocycles. The van der Waals surface area contributed by atoms with Crippen LogP contribution >= 0.6 is 22.6 Å². The number of amides is 1. The van der Waals surface area contributed by atoms with Crippen LogP contribution in [0.1, 0.15) is 27.7 Å². The average Bonchev–Trinajstić information content (AvgIpc) is 2.62. The number of hydrogen-bond donors (Lipinski definition) is 1. The first-order valence-corrected chi connectivity index (χ1v) is 9.79. The third-order valence-corrected chi connectivity index (χ3v) is 4.12. The number of carbonyl (C=O) groups excluding carboxylic acids is 5. The Morgan fingerprint density at radius 1 is 0.833 bits per heavy atom. The number of anilines is 1. The molecule has 30 heavy (non-hydrogen) atoms. The van der Waals surface area contributed by atoms with Crippen molar-refractivity contribution >= 4 is 58.1 Å². The fourth-order valence-electron chi connectivity index (χ4n) is 2.33. The zero-order valence-corrected chi connectivity index (χ0v) is 19.0. The van der Waals surface area contributed by atoms with Gasteiger partial charge in [0.05, 0.1) is 0 Å². The van der Waals surface area contributed by atoms with Crippen molar-refractivity contribution in [2.75, 3.05) is 11.9 Å². The van der Waals surface area contributed by atoms with Crippen LogP contribution in [-0.4, -0.2) is 54.7 Å². The van der Waals surface area contributed by atoms with E-state index >= 15 is 0 Å². The van der Waals surface area contributed by atoms with E-state index in [9.17, 15) is 24.0 Å². The minimum Gasteiger partial charge on any atom is -0.462 e. The Morgan fingerprint density at radius 2 is 1.37 bits per heavy atom. The van der Waals surface area contributed by atoms with Crippen LogP contribution in [0.5, 0.6) is 0 Å². The van der Waals surface area contributed by atoms with Crippen molar-refractivity contribution in [3.8, 4) is 0 Å². The third-order valence-electron chi connectivity index (χ3n) is 3.40. The highest BCUT2D eigenvalue weighted by atomic mass is 127. The highest BCUT2D eigenvalue weighted by Gasteiger charge is 2.42. The molecule has 1 rings (SSSR count). The van der Waals surface area contributed by atoms with Crippen LogP contribution in [0.25, 0.3) is 0 Å². The first-order valence-electron chi connectivity index (χ1n) is 8.71. The van der Waals surface area contributed by atoms with E-state index in [0.717, 1.165) is 31.3 Å². The second-order valence-corrected chi connectivity index (χ2v) is 7.30. The predicted octanol–water partition coefficient (Wildman–Crippen LogP) is 1.59. The molecule has 0 aliphatic carbocycles. The Hall–Kier alpha value is -2.70. The van der Waals surface area contributed by atoms with Crippen molar-refractivity contribution in [1.82, 2.24) is 0 Å². The molecule has 0 radical (unpaired) electrons. The van der Waals surface area contributed by atoms with E-state index in [4.69, 9.17) is 18.9 Å². The smallest absolute Gasteiger partial charge is 0.303 e. The molecule has 0 unspecified atom stereocenters. The zero-order valence-electron chi connectivity index (χ0n) is 16.8. The minimum atomic E-state index is -1.69. The number of nitrogens with one attached hydrogen (secondary N) is 1. The molecule has 1 N–H and O–H groups in total. The maximum absolute atomic E-state index is 12.9. The molecule has 10 nitrogen and oxygen atoms in total. The van der Waals surface area contributed by atoms with E-state index < -0.39 is 54.7 Å². The van der Waals surface area contributed by atoms with Crippen molar-refractivity contribution in [2.45, 2.75) is 46.0 Å². The summed E-state index contributed by atoms with van der Waals surface area (Å²) in [6, 6.07) is 6.72.